The van der Waals surface area contributed by atoms with Gasteiger partial charge in [-0.1, -0.05) is 44.0 Å². The number of ketones is 1. The minimum Gasteiger partial charge on any atom is -0.294 e. The molecule has 0 saturated heterocycles. The maximum Gasteiger partial charge on any atom is 0.167 e. The van der Waals surface area contributed by atoms with E-state index in [1.807, 2.05) is 6.07 Å². The Morgan fingerprint density at radius 2 is 1.78 bits per heavy atom. The first-order chi connectivity index (χ1) is 8.56. The third-order valence-electron chi connectivity index (χ3n) is 2.51. The second kappa shape index (κ2) is 5.76. The Balaban J connectivity index is 2.24. The fraction of sp³-hybridized carbons (Fsp3) is 0.0714. The number of carbonyl (C=O) groups is 1. The van der Waals surface area contributed by atoms with E-state index in [2.05, 4.69) is 31.9 Å². The van der Waals surface area contributed by atoms with Crippen LogP contribution in [-0.4, -0.2) is 5.78 Å². The van der Waals surface area contributed by atoms with E-state index in [1.54, 1.807) is 30.3 Å². The van der Waals surface area contributed by atoms with Gasteiger partial charge >= 0.3 is 0 Å². The highest BCUT2D eigenvalue weighted by Gasteiger charge is 2.11. The molecule has 0 aliphatic heterocycles. The van der Waals surface area contributed by atoms with Crippen molar-refractivity contribution in [3.8, 4) is 0 Å². The molecule has 0 fully saturated rings. The number of halogens is 3. The number of Topliss-reactive ketones (excluding diaryl/α,β-unsaturated/α-hetero) is 1. The van der Waals surface area contributed by atoms with Gasteiger partial charge in [0, 0.05) is 20.9 Å². The first-order valence-corrected chi connectivity index (χ1v) is 6.87. The topological polar surface area (TPSA) is 17.1 Å². The van der Waals surface area contributed by atoms with Crippen LogP contribution in [0, 0.1) is 5.82 Å². The summed E-state index contributed by atoms with van der Waals surface area (Å²) in [6.07, 6.45) is 0.0573. The van der Waals surface area contributed by atoms with E-state index in [-0.39, 0.29) is 18.0 Å². The predicted octanol–water partition coefficient (Wildman–Crippen LogP) is 4.78. The molecule has 1 nitrogen and oxygen atoms in total. The van der Waals surface area contributed by atoms with E-state index in [4.69, 9.17) is 0 Å². The molecule has 0 unspecified atom stereocenters. The van der Waals surface area contributed by atoms with Gasteiger partial charge in [-0.3, -0.25) is 4.79 Å². The van der Waals surface area contributed by atoms with Gasteiger partial charge in [0.15, 0.2) is 5.78 Å². The van der Waals surface area contributed by atoms with E-state index < -0.39 is 0 Å². The summed E-state index contributed by atoms with van der Waals surface area (Å²) >= 11 is 6.58. The van der Waals surface area contributed by atoms with Gasteiger partial charge in [-0.05, 0) is 35.9 Å². The predicted molar refractivity (Wildman–Crippen MR) is 76.3 cm³/mol. The molecule has 0 amide bonds. The van der Waals surface area contributed by atoms with Gasteiger partial charge < -0.3 is 0 Å². The first kappa shape index (κ1) is 13.4. The molecule has 18 heavy (non-hydrogen) atoms. The summed E-state index contributed by atoms with van der Waals surface area (Å²) in [7, 11) is 0. The average Bonchev–Trinajstić information content (AvgIpc) is 2.34. The summed E-state index contributed by atoms with van der Waals surface area (Å²) < 4.78 is 15.1. The van der Waals surface area contributed by atoms with Gasteiger partial charge in [-0.25, -0.2) is 4.39 Å². The highest BCUT2D eigenvalue weighted by Crippen LogP contribution is 2.19. The largest absolute Gasteiger partial charge is 0.294 e. The summed E-state index contributed by atoms with van der Waals surface area (Å²) in [6.45, 7) is 0. The van der Waals surface area contributed by atoms with Gasteiger partial charge in [0.1, 0.15) is 5.82 Å². The Morgan fingerprint density at radius 3 is 2.50 bits per heavy atom. The van der Waals surface area contributed by atoms with E-state index >= 15 is 0 Å². The Labute approximate surface area is 121 Å². The van der Waals surface area contributed by atoms with Crippen LogP contribution in [0.4, 0.5) is 4.39 Å². The Kier molecular flexibility index (Phi) is 4.30. The molecular formula is C14H9Br2FO. The highest BCUT2D eigenvalue weighted by atomic mass is 79.9. The van der Waals surface area contributed by atoms with Crippen LogP contribution in [0.3, 0.4) is 0 Å². The van der Waals surface area contributed by atoms with Crippen molar-refractivity contribution in [1.29, 1.82) is 0 Å². The van der Waals surface area contributed by atoms with E-state index in [1.165, 1.54) is 6.07 Å². The fourth-order valence-corrected chi connectivity index (χ4v) is 2.42. The lowest BCUT2D eigenvalue weighted by molar-refractivity contribution is 0.0991. The SMILES string of the molecule is O=C(Cc1cc(Br)ccc1F)c1cccc(Br)c1. The van der Waals surface area contributed by atoms with Crippen LogP contribution >= 0.6 is 31.9 Å². The Morgan fingerprint density at radius 1 is 1.06 bits per heavy atom. The number of hydrogen-bond acceptors (Lipinski definition) is 1. The minimum atomic E-state index is -0.360. The molecule has 4 heteroatoms. The second-order valence-electron chi connectivity index (χ2n) is 3.85. The van der Waals surface area contributed by atoms with Crippen LogP contribution in [0.5, 0.6) is 0 Å². The van der Waals surface area contributed by atoms with Crippen molar-refractivity contribution in [1.82, 2.24) is 0 Å². The summed E-state index contributed by atoms with van der Waals surface area (Å²) in [5, 5.41) is 0. The maximum absolute atomic E-state index is 13.5. The fourth-order valence-electron chi connectivity index (χ4n) is 1.62. The monoisotopic (exact) mass is 370 g/mol. The molecular weight excluding hydrogens is 363 g/mol. The third-order valence-corrected chi connectivity index (χ3v) is 3.49. The second-order valence-corrected chi connectivity index (χ2v) is 5.68. The van der Waals surface area contributed by atoms with Crippen molar-refractivity contribution >= 4 is 37.6 Å². The van der Waals surface area contributed by atoms with E-state index in [0.717, 1.165) is 8.95 Å². The quantitative estimate of drug-likeness (QED) is 0.710. The van der Waals surface area contributed by atoms with Crippen molar-refractivity contribution in [2.24, 2.45) is 0 Å². The minimum absolute atomic E-state index is 0.0573. The highest BCUT2D eigenvalue weighted by molar-refractivity contribution is 9.10. The molecule has 0 atom stereocenters. The van der Waals surface area contributed by atoms with Gasteiger partial charge in [0.2, 0.25) is 0 Å². The molecule has 0 bridgehead atoms. The summed E-state index contributed by atoms with van der Waals surface area (Å²) in [6, 6.07) is 11.7. The van der Waals surface area contributed by atoms with Crippen LogP contribution in [0.1, 0.15) is 15.9 Å². The van der Waals surface area contributed by atoms with Crippen LogP contribution in [0.15, 0.2) is 51.4 Å². The van der Waals surface area contributed by atoms with Crippen molar-refractivity contribution in [3.05, 3.63) is 68.4 Å². The number of carbonyl (C=O) groups excluding carboxylic acids is 1. The van der Waals surface area contributed by atoms with Crippen LogP contribution in [-0.2, 0) is 6.42 Å². The van der Waals surface area contributed by atoms with Crippen LogP contribution in [0.2, 0.25) is 0 Å². The zero-order chi connectivity index (χ0) is 13.1. The zero-order valence-electron chi connectivity index (χ0n) is 9.29. The smallest absolute Gasteiger partial charge is 0.167 e. The standard InChI is InChI=1S/C14H9Br2FO/c15-11-3-1-2-9(6-11)14(18)8-10-7-12(16)4-5-13(10)17/h1-7H,8H2. The van der Waals surface area contributed by atoms with Crippen LogP contribution in [0.25, 0.3) is 0 Å². The van der Waals surface area contributed by atoms with E-state index in [0.29, 0.717) is 11.1 Å². The molecule has 2 rings (SSSR count). The summed E-state index contributed by atoms with van der Waals surface area (Å²) in [4.78, 5) is 12.0. The molecule has 0 aliphatic carbocycles. The molecule has 0 radical (unpaired) electrons. The lowest BCUT2D eigenvalue weighted by Crippen LogP contribution is -2.05. The molecule has 2 aromatic rings. The molecule has 92 valence electrons. The number of hydrogen-bond donors (Lipinski definition) is 0. The van der Waals surface area contributed by atoms with Gasteiger partial charge in [0.25, 0.3) is 0 Å². The molecule has 0 aromatic heterocycles. The lowest BCUT2D eigenvalue weighted by atomic mass is 10.0. The summed E-state index contributed by atoms with van der Waals surface area (Å²) in [5.74, 6) is -0.463. The third kappa shape index (κ3) is 3.27. The molecule has 0 heterocycles. The number of rotatable bonds is 3. The van der Waals surface area contributed by atoms with Crippen molar-refractivity contribution in [3.63, 3.8) is 0 Å². The molecule has 0 spiro atoms. The molecule has 0 N–H and O–H groups in total. The van der Waals surface area contributed by atoms with Crippen molar-refractivity contribution in [2.75, 3.05) is 0 Å². The average molecular weight is 372 g/mol. The van der Waals surface area contributed by atoms with Gasteiger partial charge in [-0.15, -0.1) is 0 Å². The molecule has 2 aromatic carbocycles. The molecule has 0 aliphatic rings. The zero-order valence-corrected chi connectivity index (χ0v) is 12.5. The van der Waals surface area contributed by atoms with Gasteiger partial charge in [-0.2, -0.15) is 0 Å². The molecule has 0 saturated carbocycles. The van der Waals surface area contributed by atoms with Crippen molar-refractivity contribution < 1.29 is 9.18 Å². The normalized spacial score (nSPS) is 10.4. The van der Waals surface area contributed by atoms with Crippen LogP contribution < -0.4 is 0 Å². The Hall–Kier alpha value is -1.00. The summed E-state index contributed by atoms with van der Waals surface area (Å²) in [5.41, 5.74) is 0.970. The lowest BCUT2D eigenvalue weighted by Gasteiger charge is -2.04. The first-order valence-electron chi connectivity index (χ1n) is 5.29. The van der Waals surface area contributed by atoms with Gasteiger partial charge in [0.05, 0.1) is 0 Å². The van der Waals surface area contributed by atoms with Crippen molar-refractivity contribution in [2.45, 2.75) is 6.42 Å². The number of benzene rings is 2. The van der Waals surface area contributed by atoms with E-state index in [9.17, 15) is 9.18 Å². The Bertz CT molecular complexity index is 596. The maximum atomic E-state index is 13.5.